The molecule has 2 aliphatic carbocycles. The Morgan fingerprint density at radius 2 is 1.67 bits per heavy atom. The fourth-order valence-electron chi connectivity index (χ4n) is 6.51. The molecule has 0 aromatic rings. The summed E-state index contributed by atoms with van der Waals surface area (Å²) in [5, 5.41) is 0. The zero-order valence-corrected chi connectivity index (χ0v) is 16.2. The smallest absolute Gasteiger partial charge is 0.136 e. The van der Waals surface area contributed by atoms with Crippen LogP contribution in [-0.4, -0.2) is 29.2 Å². The van der Waals surface area contributed by atoms with Crippen molar-refractivity contribution in [2.75, 3.05) is 0 Å². The van der Waals surface area contributed by atoms with Gasteiger partial charge in [-0.15, -0.1) is 0 Å². The van der Waals surface area contributed by atoms with E-state index in [2.05, 4.69) is 41.5 Å². The highest BCUT2D eigenvalue weighted by molar-refractivity contribution is 5.82. The molecule has 0 amide bonds. The van der Waals surface area contributed by atoms with Gasteiger partial charge in [-0.25, -0.2) is 0 Å². The van der Waals surface area contributed by atoms with Crippen LogP contribution in [0.4, 0.5) is 0 Å². The Hall–Kier alpha value is -0.410. The maximum absolute atomic E-state index is 12.8. The van der Waals surface area contributed by atoms with Crippen molar-refractivity contribution in [2.45, 2.75) is 97.1 Å². The monoisotopic (exact) mass is 334 g/mol. The van der Waals surface area contributed by atoms with Crippen LogP contribution in [0.25, 0.3) is 0 Å². The van der Waals surface area contributed by atoms with Crippen LogP contribution in [0.15, 0.2) is 0 Å². The molecule has 7 unspecified atom stereocenters. The summed E-state index contributed by atoms with van der Waals surface area (Å²) in [5.74, 6) is 2.04. The SMILES string of the molecule is CC1C(=O)CC2CC3OC3(C)CCC3OC3(C)C[C@H](C)C1C2(C)C. The summed E-state index contributed by atoms with van der Waals surface area (Å²) in [4.78, 5) is 12.8. The zero-order chi connectivity index (χ0) is 17.5. The number of hydrogen-bond donors (Lipinski definition) is 0. The summed E-state index contributed by atoms with van der Waals surface area (Å²) in [6, 6.07) is 0. The molecule has 4 fully saturated rings. The Labute approximate surface area is 146 Å². The highest BCUT2D eigenvalue weighted by Crippen LogP contribution is 2.58. The van der Waals surface area contributed by atoms with Crippen molar-refractivity contribution < 1.29 is 14.3 Å². The maximum Gasteiger partial charge on any atom is 0.136 e. The summed E-state index contributed by atoms with van der Waals surface area (Å²) in [6.45, 7) is 13.9. The van der Waals surface area contributed by atoms with Crippen LogP contribution in [0.5, 0.6) is 0 Å². The van der Waals surface area contributed by atoms with E-state index in [1.54, 1.807) is 0 Å². The maximum atomic E-state index is 12.8. The van der Waals surface area contributed by atoms with Gasteiger partial charge in [0.25, 0.3) is 0 Å². The fourth-order valence-corrected chi connectivity index (χ4v) is 6.51. The lowest BCUT2D eigenvalue weighted by Gasteiger charge is -2.51. The van der Waals surface area contributed by atoms with Gasteiger partial charge in [0.05, 0.1) is 23.4 Å². The first-order valence-electron chi connectivity index (χ1n) is 9.95. The molecule has 136 valence electrons. The second-order valence-electron chi connectivity index (χ2n) is 10.3. The van der Waals surface area contributed by atoms with Crippen molar-refractivity contribution in [1.82, 2.24) is 0 Å². The van der Waals surface area contributed by atoms with Gasteiger partial charge in [0, 0.05) is 12.3 Å². The normalized spacial score (nSPS) is 56.3. The van der Waals surface area contributed by atoms with Crippen molar-refractivity contribution in [2.24, 2.45) is 29.1 Å². The molecular weight excluding hydrogens is 300 g/mol. The number of Topliss-reactive ketones (excluding diaryl/α,β-unsaturated/α-hetero) is 1. The summed E-state index contributed by atoms with van der Waals surface area (Å²) in [5.41, 5.74) is 0.222. The fraction of sp³-hybridized carbons (Fsp3) is 0.952. The first-order valence-corrected chi connectivity index (χ1v) is 9.95. The second-order valence-corrected chi connectivity index (χ2v) is 10.3. The van der Waals surface area contributed by atoms with Crippen molar-refractivity contribution in [3.05, 3.63) is 0 Å². The largest absolute Gasteiger partial charge is 0.366 e. The molecule has 0 aromatic heterocycles. The van der Waals surface area contributed by atoms with Gasteiger partial charge >= 0.3 is 0 Å². The first-order chi connectivity index (χ1) is 11.1. The second kappa shape index (κ2) is 5.07. The van der Waals surface area contributed by atoms with Gasteiger partial charge in [-0.2, -0.15) is 0 Å². The Kier molecular flexibility index (Phi) is 3.59. The van der Waals surface area contributed by atoms with E-state index in [-0.39, 0.29) is 22.5 Å². The standard InChI is InChI=1S/C21H34O3/c1-12-11-21(6)16(23-21)7-8-20(5)17(24-20)10-14-9-15(22)13(2)18(12)19(14,3)4/h12-14,16-18H,7-11H2,1-6H3/t12-,13?,14?,16?,17?,18?,20?,21?/m0/s1. The number of hydrogen-bond acceptors (Lipinski definition) is 3. The molecular formula is C21H34O3. The summed E-state index contributed by atoms with van der Waals surface area (Å²) in [6.07, 6.45) is 5.80. The molecule has 24 heavy (non-hydrogen) atoms. The molecule has 2 aliphatic heterocycles. The topological polar surface area (TPSA) is 42.1 Å². The third kappa shape index (κ3) is 2.49. The van der Waals surface area contributed by atoms with Gasteiger partial charge in [0.2, 0.25) is 0 Å². The third-order valence-corrected chi connectivity index (χ3v) is 8.22. The van der Waals surface area contributed by atoms with E-state index in [1.165, 1.54) is 0 Å². The number of rotatable bonds is 0. The predicted octanol–water partition coefficient (Wildman–Crippen LogP) is 4.38. The molecule has 3 nitrogen and oxygen atoms in total. The number of fused-ring (bicyclic) bond motifs is 4. The first kappa shape index (κ1) is 17.0. The van der Waals surface area contributed by atoms with Crippen LogP contribution in [0.3, 0.4) is 0 Å². The van der Waals surface area contributed by atoms with E-state index in [0.717, 1.165) is 32.1 Å². The van der Waals surface area contributed by atoms with E-state index in [4.69, 9.17) is 9.47 Å². The van der Waals surface area contributed by atoms with Gasteiger partial charge in [-0.3, -0.25) is 4.79 Å². The molecule has 2 bridgehead atoms. The lowest BCUT2D eigenvalue weighted by atomic mass is 9.53. The van der Waals surface area contributed by atoms with E-state index in [1.807, 2.05) is 0 Å². The third-order valence-electron chi connectivity index (χ3n) is 8.22. The van der Waals surface area contributed by atoms with Crippen LogP contribution >= 0.6 is 0 Å². The minimum atomic E-state index is 0.0190. The zero-order valence-electron chi connectivity index (χ0n) is 16.2. The highest BCUT2D eigenvalue weighted by atomic mass is 16.6. The Balaban J connectivity index is 1.67. The molecule has 4 aliphatic rings. The molecule has 2 saturated heterocycles. The molecule has 3 heteroatoms. The van der Waals surface area contributed by atoms with Crippen molar-refractivity contribution in [1.29, 1.82) is 0 Å². The minimum Gasteiger partial charge on any atom is -0.366 e. The quantitative estimate of drug-likeness (QED) is 0.617. The van der Waals surface area contributed by atoms with Gasteiger partial charge in [-0.1, -0.05) is 27.7 Å². The summed E-state index contributed by atoms with van der Waals surface area (Å²) >= 11 is 0. The average Bonchev–Trinajstić information content (AvgIpc) is 3.30. The van der Waals surface area contributed by atoms with Gasteiger partial charge < -0.3 is 9.47 Å². The highest BCUT2D eigenvalue weighted by Gasteiger charge is 2.61. The number of ketones is 1. The van der Waals surface area contributed by atoms with E-state index in [9.17, 15) is 4.79 Å². The van der Waals surface area contributed by atoms with Crippen LogP contribution in [0, 0.1) is 29.1 Å². The molecule has 0 N–H and O–H groups in total. The van der Waals surface area contributed by atoms with E-state index in [0.29, 0.717) is 35.7 Å². The Morgan fingerprint density at radius 3 is 2.38 bits per heavy atom. The molecule has 2 saturated carbocycles. The molecule has 0 aromatic carbocycles. The number of carbonyl (C=O) groups is 1. The van der Waals surface area contributed by atoms with Crippen molar-refractivity contribution >= 4 is 5.78 Å². The summed E-state index contributed by atoms with van der Waals surface area (Å²) < 4.78 is 12.3. The molecule has 2 heterocycles. The van der Waals surface area contributed by atoms with E-state index < -0.39 is 0 Å². The average molecular weight is 335 g/mol. The van der Waals surface area contributed by atoms with E-state index >= 15 is 0 Å². The van der Waals surface area contributed by atoms with Gasteiger partial charge in [0.15, 0.2) is 0 Å². The van der Waals surface area contributed by atoms with Crippen LogP contribution in [-0.2, 0) is 14.3 Å². The number of epoxide rings is 2. The van der Waals surface area contributed by atoms with Crippen LogP contribution < -0.4 is 0 Å². The number of ether oxygens (including phenoxy) is 2. The lowest BCUT2D eigenvalue weighted by molar-refractivity contribution is -0.138. The lowest BCUT2D eigenvalue weighted by Crippen LogP contribution is -2.49. The minimum absolute atomic E-state index is 0.0190. The van der Waals surface area contributed by atoms with Crippen LogP contribution in [0.2, 0.25) is 0 Å². The molecule has 0 spiro atoms. The summed E-state index contributed by atoms with van der Waals surface area (Å²) in [7, 11) is 0. The Morgan fingerprint density at radius 1 is 1.00 bits per heavy atom. The molecule has 8 atom stereocenters. The number of carbonyl (C=O) groups excluding carboxylic acids is 1. The van der Waals surface area contributed by atoms with Crippen LogP contribution in [0.1, 0.15) is 73.6 Å². The molecule has 4 rings (SSSR count). The molecule has 0 radical (unpaired) electrons. The van der Waals surface area contributed by atoms with Gasteiger partial charge in [0.1, 0.15) is 5.78 Å². The van der Waals surface area contributed by atoms with Crippen molar-refractivity contribution in [3.8, 4) is 0 Å². The predicted molar refractivity (Wildman–Crippen MR) is 93.7 cm³/mol. The van der Waals surface area contributed by atoms with Gasteiger partial charge in [-0.05, 0) is 62.7 Å². The Bertz CT molecular complexity index is 555. The van der Waals surface area contributed by atoms with Crippen molar-refractivity contribution in [3.63, 3.8) is 0 Å².